The van der Waals surface area contributed by atoms with Crippen molar-refractivity contribution in [3.8, 4) is 0 Å². The summed E-state index contributed by atoms with van der Waals surface area (Å²) in [7, 11) is 0. The molecule has 0 aromatic carbocycles. The first kappa shape index (κ1) is 7.74. The third kappa shape index (κ3) is 0.950. The SMILES string of the molecule is Cc1nc(C)c2ccsc2c1C. The third-order valence-electron chi connectivity index (χ3n) is 2.27. The Labute approximate surface area is 76.1 Å². The Morgan fingerprint density at radius 3 is 2.67 bits per heavy atom. The number of hydrogen-bond acceptors (Lipinski definition) is 2. The van der Waals surface area contributed by atoms with Gasteiger partial charge in [0.15, 0.2) is 0 Å². The van der Waals surface area contributed by atoms with Gasteiger partial charge in [0.05, 0.1) is 0 Å². The second-order valence-electron chi connectivity index (χ2n) is 3.07. The van der Waals surface area contributed by atoms with Crippen molar-refractivity contribution in [3.05, 3.63) is 28.4 Å². The molecule has 1 nitrogen and oxygen atoms in total. The molecule has 0 saturated heterocycles. The predicted molar refractivity (Wildman–Crippen MR) is 53.8 cm³/mol. The van der Waals surface area contributed by atoms with Crippen LogP contribution in [-0.2, 0) is 0 Å². The molecule has 0 aliphatic carbocycles. The quantitative estimate of drug-likeness (QED) is 0.602. The molecule has 62 valence electrons. The lowest BCUT2D eigenvalue weighted by Gasteiger charge is -2.02. The van der Waals surface area contributed by atoms with Crippen molar-refractivity contribution < 1.29 is 0 Å². The second-order valence-corrected chi connectivity index (χ2v) is 3.99. The van der Waals surface area contributed by atoms with Crippen LogP contribution in [0.2, 0.25) is 0 Å². The van der Waals surface area contributed by atoms with E-state index in [2.05, 4.69) is 37.2 Å². The van der Waals surface area contributed by atoms with Crippen LogP contribution < -0.4 is 0 Å². The van der Waals surface area contributed by atoms with Gasteiger partial charge in [0.1, 0.15) is 0 Å². The smallest absolute Gasteiger partial charge is 0.0462 e. The predicted octanol–water partition coefficient (Wildman–Crippen LogP) is 3.22. The van der Waals surface area contributed by atoms with E-state index in [1.165, 1.54) is 15.6 Å². The first-order valence-corrected chi connectivity index (χ1v) is 4.89. The second kappa shape index (κ2) is 2.56. The van der Waals surface area contributed by atoms with Gasteiger partial charge in [-0.3, -0.25) is 4.98 Å². The van der Waals surface area contributed by atoms with Gasteiger partial charge in [0.2, 0.25) is 0 Å². The maximum absolute atomic E-state index is 4.48. The van der Waals surface area contributed by atoms with Crippen LogP contribution in [0.4, 0.5) is 0 Å². The lowest BCUT2D eigenvalue weighted by Crippen LogP contribution is -1.89. The van der Waals surface area contributed by atoms with Crippen molar-refractivity contribution in [1.29, 1.82) is 0 Å². The maximum atomic E-state index is 4.48. The van der Waals surface area contributed by atoms with E-state index in [1.807, 2.05) is 0 Å². The molecule has 0 bridgehead atoms. The molecule has 0 aliphatic rings. The van der Waals surface area contributed by atoms with Gasteiger partial charge in [0.25, 0.3) is 0 Å². The Hall–Kier alpha value is -0.890. The van der Waals surface area contributed by atoms with Crippen molar-refractivity contribution in [3.63, 3.8) is 0 Å². The zero-order valence-corrected chi connectivity index (χ0v) is 8.33. The zero-order valence-electron chi connectivity index (χ0n) is 7.51. The number of thiophene rings is 1. The summed E-state index contributed by atoms with van der Waals surface area (Å²) in [6, 6.07) is 2.15. The standard InChI is InChI=1S/C10H11NS/c1-6-7(2)11-8(3)9-4-5-12-10(6)9/h4-5H,1-3H3. The number of fused-ring (bicyclic) bond motifs is 1. The van der Waals surface area contributed by atoms with Crippen molar-refractivity contribution in [2.24, 2.45) is 0 Å². The molecule has 2 rings (SSSR count). The fourth-order valence-electron chi connectivity index (χ4n) is 1.44. The van der Waals surface area contributed by atoms with Crippen LogP contribution in [0.25, 0.3) is 10.1 Å². The van der Waals surface area contributed by atoms with Crippen LogP contribution in [0.15, 0.2) is 11.4 Å². The number of hydrogen-bond donors (Lipinski definition) is 0. The monoisotopic (exact) mass is 177 g/mol. The molecular weight excluding hydrogens is 166 g/mol. The Kier molecular flexibility index (Phi) is 1.65. The molecule has 0 N–H and O–H groups in total. The molecule has 12 heavy (non-hydrogen) atoms. The first-order valence-electron chi connectivity index (χ1n) is 4.01. The molecule has 2 aromatic heterocycles. The number of pyridine rings is 1. The average molecular weight is 177 g/mol. The van der Waals surface area contributed by atoms with Crippen LogP contribution in [0.3, 0.4) is 0 Å². The summed E-state index contributed by atoms with van der Waals surface area (Å²) in [6.07, 6.45) is 0. The zero-order chi connectivity index (χ0) is 8.72. The topological polar surface area (TPSA) is 12.9 Å². The lowest BCUT2D eigenvalue weighted by atomic mass is 10.1. The Bertz CT molecular complexity index is 429. The normalized spacial score (nSPS) is 10.9. The minimum atomic E-state index is 1.15. The van der Waals surface area contributed by atoms with Gasteiger partial charge in [0, 0.05) is 21.5 Å². The van der Waals surface area contributed by atoms with Gasteiger partial charge in [-0.15, -0.1) is 11.3 Å². The number of aryl methyl sites for hydroxylation is 3. The largest absolute Gasteiger partial charge is 0.257 e. The van der Waals surface area contributed by atoms with E-state index in [9.17, 15) is 0 Å². The summed E-state index contributed by atoms with van der Waals surface area (Å²) < 4.78 is 1.39. The maximum Gasteiger partial charge on any atom is 0.0462 e. The highest BCUT2D eigenvalue weighted by atomic mass is 32.1. The minimum Gasteiger partial charge on any atom is -0.257 e. The van der Waals surface area contributed by atoms with Crippen LogP contribution in [-0.4, -0.2) is 4.98 Å². The summed E-state index contributed by atoms with van der Waals surface area (Å²) in [5.74, 6) is 0. The average Bonchev–Trinajstić information content (AvgIpc) is 2.48. The molecule has 0 spiro atoms. The van der Waals surface area contributed by atoms with Crippen molar-refractivity contribution >= 4 is 21.4 Å². The highest BCUT2D eigenvalue weighted by Crippen LogP contribution is 2.27. The van der Waals surface area contributed by atoms with E-state index < -0.39 is 0 Å². The third-order valence-corrected chi connectivity index (χ3v) is 3.31. The van der Waals surface area contributed by atoms with Gasteiger partial charge in [-0.2, -0.15) is 0 Å². The molecule has 0 aliphatic heterocycles. The molecule has 0 atom stereocenters. The van der Waals surface area contributed by atoms with Gasteiger partial charge in [-0.25, -0.2) is 0 Å². The van der Waals surface area contributed by atoms with E-state index in [4.69, 9.17) is 0 Å². The van der Waals surface area contributed by atoms with Gasteiger partial charge >= 0.3 is 0 Å². The van der Waals surface area contributed by atoms with Gasteiger partial charge in [-0.1, -0.05) is 0 Å². The highest BCUT2D eigenvalue weighted by Gasteiger charge is 2.05. The minimum absolute atomic E-state index is 1.15. The molecule has 0 saturated carbocycles. The number of aromatic nitrogens is 1. The summed E-state index contributed by atoms with van der Waals surface area (Å²) in [5, 5.41) is 3.44. The van der Waals surface area contributed by atoms with E-state index >= 15 is 0 Å². The van der Waals surface area contributed by atoms with E-state index in [0.29, 0.717) is 0 Å². The Balaban J connectivity index is 2.97. The number of nitrogens with zero attached hydrogens (tertiary/aromatic N) is 1. The van der Waals surface area contributed by atoms with Crippen molar-refractivity contribution in [1.82, 2.24) is 4.98 Å². The molecule has 0 radical (unpaired) electrons. The summed E-state index contributed by atoms with van der Waals surface area (Å²) in [4.78, 5) is 4.48. The van der Waals surface area contributed by atoms with Crippen LogP contribution in [0, 0.1) is 20.8 Å². The van der Waals surface area contributed by atoms with E-state index in [0.717, 1.165) is 11.4 Å². The molecular formula is C10H11NS. The van der Waals surface area contributed by atoms with E-state index in [1.54, 1.807) is 11.3 Å². The van der Waals surface area contributed by atoms with Crippen molar-refractivity contribution in [2.75, 3.05) is 0 Å². The molecule has 2 heteroatoms. The number of rotatable bonds is 0. The van der Waals surface area contributed by atoms with Crippen molar-refractivity contribution in [2.45, 2.75) is 20.8 Å². The highest BCUT2D eigenvalue weighted by molar-refractivity contribution is 7.17. The van der Waals surface area contributed by atoms with Crippen LogP contribution in [0.5, 0.6) is 0 Å². The van der Waals surface area contributed by atoms with E-state index in [-0.39, 0.29) is 0 Å². The fraction of sp³-hybridized carbons (Fsp3) is 0.300. The van der Waals surface area contributed by atoms with Gasteiger partial charge in [-0.05, 0) is 37.8 Å². The lowest BCUT2D eigenvalue weighted by molar-refractivity contribution is 1.12. The summed E-state index contributed by atoms with van der Waals surface area (Å²) in [6.45, 7) is 6.28. The van der Waals surface area contributed by atoms with Crippen LogP contribution >= 0.6 is 11.3 Å². The Morgan fingerprint density at radius 1 is 1.17 bits per heavy atom. The summed E-state index contributed by atoms with van der Waals surface area (Å²) in [5.41, 5.74) is 3.63. The van der Waals surface area contributed by atoms with Gasteiger partial charge < -0.3 is 0 Å². The fourth-order valence-corrected chi connectivity index (χ4v) is 2.45. The molecule has 0 fully saturated rings. The molecule has 2 heterocycles. The molecule has 0 unspecified atom stereocenters. The Morgan fingerprint density at radius 2 is 1.92 bits per heavy atom. The first-order chi connectivity index (χ1) is 5.70. The summed E-state index contributed by atoms with van der Waals surface area (Å²) >= 11 is 1.80. The molecule has 0 amide bonds. The molecule has 2 aromatic rings. The van der Waals surface area contributed by atoms with Crippen LogP contribution in [0.1, 0.15) is 17.0 Å².